The van der Waals surface area contributed by atoms with Crippen LogP contribution in [0.4, 0.5) is 15.9 Å². The van der Waals surface area contributed by atoms with Gasteiger partial charge in [-0.25, -0.2) is 22.9 Å². The van der Waals surface area contributed by atoms with Crippen LogP contribution in [0.1, 0.15) is 25.7 Å². The first kappa shape index (κ1) is 27.1. The molecule has 0 amide bonds. The Morgan fingerprint density at radius 1 is 1.25 bits per heavy atom. The number of pyridine rings is 1. The number of aliphatic hydroxyl groups excluding tert-OH is 1. The number of hydrogen-bond donors (Lipinski definition) is 2. The average Bonchev–Trinajstić information content (AvgIpc) is 3.76. The van der Waals surface area contributed by atoms with Crippen LogP contribution >= 0.6 is 0 Å². The minimum atomic E-state index is -2.81. The summed E-state index contributed by atoms with van der Waals surface area (Å²) in [5.41, 5.74) is 9.22. The zero-order chi connectivity index (χ0) is 27.9. The number of fused-ring (bicyclic) bond motifs is 1. The summed E-state index contributed by atoms with van der Waals surface area (Å²) < 4.78 is 35.9. The lowest BCUT2D eigenvalue weighted by molar-refractivity contribution is 0.0366. The average molecular weight is 566 g/mol. The largest absolute Gasteiger partial charge is 0.404 e. The van der Waals surface area contributed by atoms with E-state index >= 15 is 0 Å². The number of aromatic nitrogens is 1. The first-order valence-electron chi connectivity index (χ1n) is 13.8. The SMILES string of the molecule is C=S(=O)(c1ccc(N2CC(O)C2)nc1)N1CCC2=CC(=Nc3ccc(F)cc3)C(=CN)C[C@]2(COCC2CC2)C1. The van der Waals surface area contributed by atoms with Gasteiger partial charge >= 0.3 is 0 Å². The highest BCUT2D eigenvalue weighted by Gasteiger charge is 2.45. The number of hydrogen-bond acceptors (Lipinski definition) is 7. The minimum absolute atomic E-state index is 0.305. The molecule has 3 fully saturated rings. The van der Waals surface area contributed by atoms with Crippen LogP contribution < -0.4 is 10.6 Å². The number of halogens is 1. The number of nitrogens with zero attached hydrogens (tertiary/aromatic N) is 4. The van der Waals surface area contributed by atoms with Crippen molar-refractivity contribution in [2.75, 3.05) is 44.3 Å². The topological polar surface area (TPSA) is 104 Å². The number of anilines is 1. The summed E-state index contributed by atoms with van der Waals surface area (Å²) in [6, 6.07) is 9.79. The van der Waals surface area contributed by atoms with Crippen molar-refractivity contribution < 1.29 is 18.4 Å². The fourth-order valence-electron chi connectivity index (χ4n) is 5.73. The number of piperidine rings is 1. The molecule has 2 saturated heterocycles. The molecule has 0 radical (unpaired) electrons. The first-order chi connectivity index (χ1) is 19.3. The van der Waals surface area contributed by atoms with Gasteiger partial charge < -0.3 is 20.5 Å². The number of nitrogens with two attached hydrogens (primary N) is 1. The minimum Gasteiger partial charge on any atom is -0.404 e. The molecule has 2 aromatic rings. The van der Waals surface area contributed by atoms with Gasteiger partial charge in [-0.1, -0.05) is 5.57 Å². The predicted octanol–water partition coefficient (Wildman–Crippen LogP) is 3.46. The predicted molar refractivity (Wildman–Crippen MR) is 157 cm³/mol. The third-order valence-electron chi connectivity index (χ3n) is 8.36. The van der Waals surface area contributed by atoms with E-state index in [4.69, 9.17) is 15.5 Å². The van der Waals surface area contributed by atoms with Crippen LogP contribution in [-0.2, 0) is 14.4 Å². The molecule has 3 heterocycles. The molecule has 1 saturated carbocycles. The van der Waals surface area contributed by atoms with E-state index in [1.165, 1.54) is 30.5 Å². The van der Waals surface area contributed by atoms with Crippen molar-refractivity contribution in [1.82, 2.24) is 9.29 Å². The number of β-amino-alcohol motifs (C(OH)–C–C–N with tert-alkyl or cyclic N) is 1. The monoisotopic (exact) mass is 565 g/mol. The van der Waals surface area contributed by atoms with Gasteiger partial charge in [0.1, 0.15) is 11.6 Å². The van der Waals surface area contributed by atoms with Gasteiger partial charge in [0.2, 0.25) is 0 Å². The second-order valence-corrected chi connectivity index (χ2v) is 13.7. The normalized spacial score (nSPS) is 27.2. The van der Waals surface area contributed by atoms with Crippen molar-refractivity contribution in [3.63, 3.8) is 0 Å². The molecule has 2 atom stereocenters. The van der Waals surface area contributed by atoms with Gasteiger partial charge in [0.15, 0.2) is 0 Å². The lowest BCUT2D eigenvalue weighted by Gasteiger charge is -2.47. The highest BCUT2D eigenvalue weighted by Crippen LogP contribution is 2.46. The molecular weight excluding hydrogens is 529 g/mol. The van der Waals surface area contributed by atoms with Crippen LogP contribution in [0, 0.1) is 17.2 Å². The van der Waals surface area contributed by atoms with Gasteiger partial charge in [0.05, 0.1) is 38.7 Å². The Hall–Kier alpha value is -3.05. The number of benzene rings is 1. The number of aliphatic hydroxyl groups is 1. The molecule has 40 heavy (non-hydrogen) atoms. The number of ether oxygens (including phenoxy) is 1. The van der Waals surface area contributed by atoms with Gasteiger partial charge in [-0.2, -0.15) is 0 Å². The Morgan fingerprint density at radius 3 is 2.67 bits per heavy atom. The number of rotatable bonds is 8. The lowest BCUT2D eigenvalue weighted by Crippen LogP contribution is -2.51. The second kappa shape index (κ2) is 10.7. The molecule has 8 nitrogen and oxygen atoms in total. The summed E-state index contributed by atoms with van der Waals surface area (Å²) in [5.74, 6) is 5.28. The molecule has 0 bridgehead atoms. The zero-order valence-electron chi connectivity index (χ0n) is 22.5. The van der Waals surface area contributed by atoms with Gasteiger partial charge in [0, 0.05) is 44.4 Å². The first-order valence-corrected chi connectivity index (χ1v) is 15.5. The van der Waals surface area contributed by atoms with E-state index in [1.807, 2.05) is 21.3 Å². The van der Waals surface area contributed by atoms with Crippen molar-refractivity contribution >= 4 is 32.8 Å². The molecule has 10 heteroatoms. The smallest absolute Gasteiger partial charge is 0.128 e. The van der Waals surface area contributed by atoms with Gasteiger partial charge in [0.25, 0.3) is 0 Å². The summed E-state index contributed by atoms with van der Waals surface area (Å²) in [7, 11) is -2.81. The second-order valence-electron chi connectivity index (χ2n) is 11.4. The fourth-order valence-corrected chi connectivity index (χ4v) is 7.36. The summed E-state index contributed by atoms with van der Waals surface area (Å²) in [6.07, 6.45) is 8.71. The Labute approximate surface area is 235 Å². The molecule has 3 N–H and O–H groups in total. The van der Waals surface area contributed by atoms with Crippen LogP contribution in [0.15, 0.2) is 75.9 Å². The van der Waals surface area contributed by atoms with Gasteiger partial charge in [-0.15, -0.1) is 0 Å². The van der Waals surface area contributed by atoms with E-state index in [-0.39, 0.29) is 11.9 Å². The maximum absolute atomic E-state index is 14.2. The van der Waals surface area contributed by atoms with Crippen LogP contribution in [0.5, 0.6) is 0 Å². The lowest BCUT2D eigenvalue weighted by atomic mass is 9.68. The van der Waals surface area contributed by atoms with Crippen LogP contribution in [0.3, 0.4) is 0 Å². The van der Waals surface area contributed by atoms with Gasteiger partial charge in [-0.05, 0) is 91.7 Å². The standard InChI is InChI=1S/C30H36FN5O3S/c1-40(38,27-8-9-29(33-15-27)35-16-26(37)17-35)36-11-10-23-12-28(34-25-6-4-24(31)5-7-25)22(14-32)13-30(23,19-36)20-39-18-21-2-3-21/h4-9,12,14-15,21,26,37H,1-3,10-11,13,16-20,32H2/t30-,40?/m1/s1. The molecule has 6 rings (SSSR count). The highest BCUT2D eigenvalue weighted by atomic mass is 32.2. The Kier molecular flexibility index (Phi) is 7.28. The molecular formula is C30H36FN5O3S. The molecule has 1 aromatic heterocycles. The third kappa shape index (κ3) is 5.45. The van der Waals surface area contributed by atoms with Crippen LogP contribution in [0.25, 0.3) is 0 Å². The van der Waals surface area contributed by atoms with E-state index in [9.17, 15) is 13.7 Å². The van der Waals surface area contributed by atoms with E-state index in [2.05, 4.69) is 16.9 Å². The van der Waals surface area contributed by atoms with Gasteiger partial charge in [-0.3, -0.25) is 0 Å². The maximum Gasteiger partial charge on any atom is 0.128 e. The molecule has 2 aliphatic carbocycles. The summed E-state index contributed by atoms with van der Waals surface area (Å²) in [4.78, 5) is 11.9. The summed E-state index contributed by atoms with van der Waals surface area (Å²) in [6.45, 7) is 3.41. The molecule has 1 unspecified atom stereocenters. The van der Waals surface area contributed by atoms with E-state index in [0.717, 1.165) is 23.7 Å². The maximum atomic E-state index is 14.2. The zero-order valence-corrected chi connectivity index (χ0v) is 23.4. The molecule has 1 aromatic carbocycles. The van der Waals surface area contributed by atoms with Crippen molar-refractivity contribution in [2.24, 2.45) is 22.1 Å². The molecule has 4 aliphatic rings. The molecule has 2 aliphatic heterocycles. The molecule has 0 spiro atoms. The number of aliphatic imine (C=N–C) groups is 1. The van der Waals surface area contributed by atoms with Crippen LogP contribution in [0.2, 0.25) is 0 Å². The number of allylic oxidation sites excluding steroid dienone is 2. The highest BCUT2D eigenvalue weighted by molar-refractivity contribution is 7.98. The van der Waals surface area contributed by atoms with E-state index in [0.29, 0.717) is 62.1 Å². The summed E-state index contributed by atoms with van der Waals surface area (Å²) >= 11 is 0. The van der Waals surface area contributed by atoms with E-state index in [1.54, 1.807) is 24.5 Å². The van der Waals surface area contributed by atoms with Crippen LogP contribution in [-0.4, -0.2) is 75.7 Å². The van der Waals surface area contributed by atoms with E-state index < -0.39 is 15.1 Å². The fraction of sp³-hybridized carbons (Fsp3) is 0.433. The third-order valence-corrected chi connectivity index (χ3v) is 10.5. The van der Waals surface area contributed by atoms with Crippen molar-refractivity contribution in [3.05, 3.63) is 71.8 Å². The Balaban J connectivity index is 1.28. The summed E-state index contributed by atoms with van der Waals surface area (Å²) in [5, 5.41) is 9.61. The van der Waals surface area contributed by atoms with Crippen molar-refractivity contribution in [1.29, 1.82) is 0 Å². The molecule has 212 valence electrons. The Bertz CT molecular complexity index is 1450. The van der Waals surface area contributed by atoms with Crippen molar-refractivity contribution in [3.8, 4) is 0 Å². The Morgan fingerprint density at radius 2 is 2.02 bits per heavy atom. The van der Waals surface area contributed by atoms with Crippen molar-refractivity contribution in [2.45, 2.75) is 36.7 Å². The quantitative estimate of drug-likeness (QED) is 0.475.